The molecule has 0 bridgehead atoms. The summed E-state index contributed by atoms with van der Waals surface area (Å²) >= 11 is 0.961. The van der Waals surface area contributed by atoms with Gasteiger partial charge in [0.2, 0.25) is 0 Å². The van der Waals surface area contributed by atoms with E-state index >= 15 is 0 Å². The predicted octanol–water partition coefficient (Wildman–Crippen LogP) is 3.42. The summed E-state index contributed by atoms with van der Waals surface area (Å²) in [6, 6.07) is 4.68. The fourth-order valence-electron chi connectivity index (χ4n) is 2.64. The first-order valence-electron chi connectivity index (χ1n) is 7.93. The summed E-state index contributed by atoms with van der Waals surface area (Å²) < 4.78 is 14.8. The first-order chi connectivity index (χ1) is 12.0. The van der Waals surface area contributed by atoms with E-state index < -0.39 is 0 Å². The zero-order chi connectivity index (χ0) is 18.0. The highest BCUT2D eigenvalue weighted by Crippen LogP contribution is 2.22. The molecule has 0 aromatic carbocycles. The molecule has 0 saturated carbocycles. The van der Waals surface area contributed by atoms with Crippen molar-refractivity contribution >= 4 is 34.5 Å². The van der Waals surface area contributed by atoms with Crippen molar-refractivity contribution in [3.8, 4) is 0 Å². The van der Waals surface area contributed by atoms with Gasteiger partial charge in [-0.1, -0.05) is 6.92 Å². The van der Waals surface area contributed by atoms with Crippen LogP contribution < -0.4 is 5.43 Å². The van der Waals surface area contributed by atoms with Crippen molar-refractivity contribution in [3.63, 3.8) is 0 Å². The van der Waals surface area contributed by atoms with Crippen molar-refractivity contribution < 1.29 is 9.18 Å². The van der Waals surface area contributed by atoms with E-state index in [-0.39, 0.29) is 11.0 Å². The van der Waals surface area contributed by atoms with Gasteiger partial charge in [0.05, 0.1) is 27.7 Å². The average Bonchev–Trinajstić information content (AvgIpc) is 3.11. The van der Waals surface area contributed by atoms with E-state index in [0.717, 1.165) is 41.1 Å². The number of carbonyl (C=O) groups excluding carboxylic acids is 1. The lowest BCUT2D eigenvalue weighted by molar-refractivity contribution is 0.0956. The van der Waals surface area contributed by atoms with Crippen molar-refractivity contribution in [2.24, 2.45) is 5.10 Å². The number of hydrogen-bond acceptors (Lipinski definition) is 5. The highest BCUT2D eigenvalue weighted by Gasteiger charge is 2.18. The van der Waals surface area contributed by atoms with Crippen LogP contribution in [-0.4, -0.2) is 26.9 Å². The van der Waals surface area contributed by atoms with Gasteiger partial charge in [-0.05, 0) is 38.5 Å². The van der Waals surface area contributed by atoms with Gasteiger partial charge >= 0.3 is 0 Å². The van der Waals surface area contributed by atoms with Gasteiger partial charge in [-0.25, -0.2) is 15.1 Å². The van der Waals surface area contributed by atoms with Gasteiger partial charge in [0.25, 0.3) is 5.91 Å². The van der Waals surface area contributed by atoms with Gasteiger partial charge in [-0.2, -0.15) is 14.6 Å². The monoisotopic (exact) mass is 359 g/mol. The van der Waals surface area contributed by atoms with Crippen LogP contribution in [0, 0.1) is 19.0 Å². The number of pyridine rings is 1. The molecule has 3 rings (SSSR count). The van der Waals surface area contributed by atoms with Crippen LogP contribution in [0.15, 0.2) is 23.3 Å². The summed E-state index contributed by atoms with van der Waals surface area (Å²) in [6.45, 7) is 6.50. The lowest BCUT2D eigenvalue weighted by Crippen LogP contribution is -2.18. The molecule has 8 heteroatoms. The van der Waals surface area contributed by atoms with E-state index in [9.17, 15) is 9.18 Å². The quantitative estimate of drug-likeness (QED) is 0.560. The maximum atomic E-state index is 13.0. The van der Waals surface area contributed by atoms with E-state index in [1.54, 1.807) is 12.1 Å². The van der Waals surface area contributed by atoms with E-state index in [1.807, 2.05) is 18.5 Å². The Morgan fingerprint density at radius 1 is 1.44 bits per heavy atom. The second-order valence-electron chi connectivity index (χ2n) is 5.66. The average molecular weight is 359 g/mol. The second kappa shape index (κ2) is 7.10. The Bertz CT molecular complexity index is 960. The molecule has 0 saturated heterocycles. The summed E-state index contributed by atoms with van der Waals surface area (Å²) in [4.78, 5) is 17.7. The minimum Gasteiger partial charge on any atom is -0.267 e. The number of hydrazone groups is 1. The van der Waals surface area contributed by atoms with Crippen molar-refractivity contribution in [1.82, 2.24) is 20.2 Å². The fraction of sp³-hybridized carbons (Fsp3) is 0.294. The molecule has 3 aromatic rings. The zero-order valence-electron chi connectivity index (χ0n) is 14.2. The molecule has 0 unspecified atom stereocenters. The van der Waals surface area contributed by atoms with E-state index in [2.05, 4.69) is 27.5 Å². The van der Waals surface area contributed by atoms with Crippen LogP contribution in [0.25, 0.3) is 11.0 Å². The first kappa shape index (κ1) is 17.2. The Hall–Kier alpha value is -2.61. The van der Waals surface area contributed by atoms with Gasteiger partial charge in [0.1, 0.15) is 0 Å². The Labute approximate surface area is 148 Å². The molecule has 0 aliphatic heterocycles. The SMILES string of the molecule is CCCn1nc(C)c2c(C(=O)N/N=C/c3ccc(F)s3)cc(C)nc21. The predicted molar refractivity (Wildman–Crippen MR) is 96.6 cm³/mol. The summed E-state index contributed by atoms with van der Waals surface area (Å²) in [7, 11) is 0. The van der Waals surface area contributed by atoms with Gasteiger partial charge in [-0.15, -0.1) is 11.3 Å². The normalized spacial score (nSPS) is 11.5. The number of nitrogens with one attached hydrogen (secondary N) is 1. The first-order valence-corrected chi connectivity index (χ1v) is 8.74. The van der Waals surface area contributed by atoms with Crippen LogP contribution in [0.2, 0.25) is 0 Å². The molecule has 3 aromatic heterocycles. The van der Waals surface area contributed by atoms with E-state index in [1.165, 1.54) is 12.3 Å². The van der Waals surface area contributed by atoms with Gasteiger partial charge in [0.15, 0.2) is 10.8 Å². The lowest BCUT2D eigenvalue weighted by atomic mass is 10.1. The molecule has 0 radical (unpaired) electrons. The smallest absolute Gasteiger partial charge is 0.267 e. The van der Waals surface area contributed by atoms with E-state index in [4.69, 9.17) is 0 Å². The molecule has 0 spiro atoms. The molecule has 1 amide bonds. The molecule has 0 atom stereocenters. The van der Waals surface area contributed by atoms with Gasteiger partial charge in [-0.3, -0.25) is 4.79 Å². The number of carbonyl (C=O) groups is 1. The summed E-state index contributed by atoms with van der Waals surface area (Å²) in [6.07, 6.45) is 2.35. The maximum absolute atomic E-state index is 13.0. The fourth-order valence-corrected chi connectivity index (χ4v) is 3.24. The Balaban J connectivity index is 1.91. The minimum atomic E-state index is -0.345. The topological polar surface area (TPSA) is 72.2 Å². The molecule has 0 fully saturated rings. The summed E-state index contributed by atoms with van der Waals surface area (Å²) in [5, 5.41) is 8.84. The highest BCUT2D eigenvalue weighted by molar-refractivity contribution is 7.12. The van der Waals surface area contributed by atoms with Crippen LogP contribution >= 0.6 is 11.3 Å². The van der Waals surface area contributed by atoms with Crippen LogP contribution in [0.1, 0.15) is 40.0 Å². The third kappa shape index (κ3) is 3.58. The van der Waals surface area contributed by atoms with E-state index in [0.29, 0.717) is 16.1 Å². The molecule has 0 aliphatic carbocycles. The number of amides is 1. The molecular formula is C17H18FN5OS. The van der Waals surface area contributed by atoms with Crippen molar-refractivity contribution in [2.45, 2.75) is 33.7 Å². The number of fused-ring (bicyclic) bond motifs is 1. The third-order valence-corrected chi connectivity index (χ3v) is 4.45. The highest BCUT2D eigenvalue weighted by atomic mass is 32.1. The molecule has 25 heavy (non-hydrogen) atoms. The van der Waals surface area contributed by atoms with Crippen LogP contribution in [0.5, 0.6) is 0 Å². The molecule has 1 N–H and O–H groups in total. The number of nitrogens with zero attached hydrogens (tertiary/aromatic N) is 4. The molecule has 6 nitrogen and oxygen atoms in total. The van der Waals surface area contributed by atoms with Gasteiger partial charge < -0.3 is 0 Å². The number of thiophene rings is 1. The number of aryl methyl sites for hydroxylation is 3. The Morgan fingerprint density at radius 2 is 2.24 bits per heavy atom. The van der Waals surface area contributed by atoms with Crippen molar-refractivity contribution in [2.75, 3.05) is 0 Å². The Morgan fingerprint density at radius 3 is 2.92 bits per heavy atom. The molecule has 0 aliphatic rings. The molecule has 130 valence electrons. The zero-order valence-corrected chi connectivity index (χ0v) is 15.0. The summed E-state index contributed by atoms with van der Waals surface area (Å²) in [5.41, 5.74) is 5.17. The van der Waals surface area contributed by atoms with Crippen LogP contribution in [-0.2, 0) is 6.54 Å². The molecule has 3 heterocycles. The number of halogens is 1. The summed E-state index contributed by atoms with van der Waals surface area (Å²) in [5.74, 6) is -0.345. The van der Waals surface area contributed by atoms with Crippen molar-refractivity contribution in [1.29, 1.82) is 0 Å². The van der Waals surface area contributed by atoms with Gasteiger partial charge in [0, 0.05) is 12.2 Å². The number of aromatic nitrogens is 3. The van der Waals surface area contributed by atoms with Crippen LogP contribution in [0.3, 0.4) is 0 Å². The molecular weight excluding hydrogens is 341 g/mol. The van der Waals surface area contributed by atoms with Crippen molar-refractivity contribution in [3.05, 3.63) is 45.2 Å². The number of hydrogen-bond donors (Lipinski definition) is 1. The lowest BCUT2D eigenvalue weighted by Gasteiger charge is -2.05. The largest absolute Gasteiger partial charge is 0.272 e. The third-order valence-electron chi connectivity index (χ3n) is 3.64. The standard InChI is InChI=1S/C17H18FN5OS/c1-4-7-23-16-15(11(3)22-23)13(8-10(2)20-16)17(24)21-19-9-12-5-6-14(18)25-12/h5-6,8-9H,4,7H2,1-3H3,(H,21,24)/b19-9+. The maximum Gasteiger partial charge on any atom is 0.272 e. The number of rotatable bonds is 5. The second-order valence-corrected chi connectivity index (χ2v) is 6.72. The van der Waals surface area contributed by atoms with Crippen LogP contribution in [0.4, 0.5) is 4.39 Å². The Kier molecular flexibility index (Phi) is 4.89. The minimum absolute atomic E-state index is 0.293.